The third kappa shape index (κ3) is 11.0. The number of para-hydroxylation sites is 2. The molecule has 0 aliphatic rings. The highest BCUT2D eigenvalue weighted by Gasteiger charge is 2.20. The second-order valence-corrected chi connectivity index (χ2v) is 8.21. The topological polar surface area (TPSA) is 165 Å². The molecule has 2 amide bonds. The molecule has 198 valence electrons. The van der Waals surface area contributed by atoms with Gasteiger partial charge < -0.3 is 26.0 Å². The molecule has 0 radical (unpaired) electrons. The molecular weight excluding hydrogens is 500 g/mol. The predicted octanol–water partition coefficient (Wildman–Crippen LogP) is 2.37. The number of hydrogen-bond acceptors (Lipinski definition) is 8. The summed E-state index contributed by atoms with van der Waals surface area (Å²) < 4.78 is 4.97. The number of nitro benzene ring substituents is 1. The summed E-state index contributed by atoms with van der Waals surface area (Å²) in [5, 5.41) is 22.3. The molecule has 1 heterocycles. The van der Waals surface area contributed by atoms with Crippen LogP contribution in [-0.4, -0.2) is 52.5 Å². The van der Waals surface area contributed by atoms with Crippen LogP contribution in [0.4, 0.5) is 11.4 Å². The molecule has 4 N–H and O–H groups in total. The molecule has 0 fully saturated rings. The molecule has 0 spiro atoms. The fourth-order valence-electron chi connectivity index (χ4n) is 3.25. The highest BCUT2D eigenvalue weighted by atomic mass is 32.1. The van der Waals surface area contributed by atoms with E-state index in [4.69, 9.17) is 17.0 Å². The smallest absolute Gasteiger partial charge is 0.308 e. The Bertz CT molecular complexity index is 1080. The Morgan fingerprint density at radius 1 is 1.11 bits per heavy atom. The number of nitrogens with zero attached hydrogens (tertiary/aromatic N) is 2. The van der Waals surface area contributed by atoms with Gasteiger partial charge in [0, 0.05) is 31.4 Å². The molecule has 0 saturated carbocycles. The third-order valence-electron chi connectivity index (χ3n) is 5.01. The Morgan fingerprint density at radius 2 is 1.89 bits per heavy atom. The quantitative estimate of drug-likeness (QED) is 0.0937. The number of thiocarbonyl (C=S) groups is 1. The number of carbonyl (C=O) groups excluding carboxylic acids is 3. The number of aromatic nitrogens is 1. The van der Waals surface area contributed by atoms with Crippen molar-refractivity contribution in [2.24, 2.45) is 0 Å². The van der Waals surface area contributed by atoms with Crippen molar-refractivity contribution in [3.63, 3.8) is 0 Å². The summed E-state index contributed by atoms with van der Waals surface area (Å²) in [4.78, 5) is 51.0. The number of nitro groups is 1. The SMILES string of the molecule is CCOC(=O)CC(NC(=O)CNC(=O)CCCCNC(=S)Nc1ccccc1[N+](=O)[O-])c1cccnc1. The molecule has 2 rings (SSSR count). The standard InChI is InChI=1S/C24H30N6O6S/c1-2-36-23(33)14-19(17-8-7-12-25-15-17)28-22(32)16-27-21(31)11-5-6-13-26-24(37)29-18-9-3-4-10-20(18)30(34)35/h3-4,7-10,12,15,19H,2,5-6,11,13-14,16H2,1H3,(H,27,31)(H,28,32)(H2,26,29,37). The van der Waals surface area contributed by atoms with Crippen LogP contribution in [0.5, 0.6) is 0 Å². The van der Waals surface area contributed by atoms with Crippen molar-refractivity contribution < 1.29 is 24.0 Å². The number of unbranched alkanes of at least 4 members (excludes halogenated alkanes) is 1. The number of benzene rings is 1. The summed E-state index contributed by atoms with van der Waals surface area (Å²) in [6, 6.07) is 8.98. The van der Waals surface area contributed by atoms with E-state index in [1.165, 1.54) is 6.07 Å². The first-order valence-corrected chi connectivity index (χ1v) is 12.1. The fourth-order valence-corrected chi connectivity index (χ4v) is 3.46. The molecule has 1 atom stereocenters. The normalized spacial score (nSPS) is 11.1. The zero-order valence-corrected chi connectivity index (χ0v) is 21.2. The molecule has 1 aromatic carbocycles. The van der Waals surface area contributed by atoms with E-state index in [1.54, 1.807) is 49.6 Å². The predicted molar refractivity (Wildman–Crippen MR) is 141 cm³/mol. The zero-order chi connectivity index (χ0) is 27.0. The number of carbonyl (C=O) groups is 3. The van der Waals surface area contributed by atoms with Crippen LogP contribution in [0.3, 0.4) is 0 Å². The maximum absolute atomic E-state index is 12.4. The molecular formula is C24H30N6O6S. The van der Waals surface area contributed by atoms with E-state index in [0.717, 1.165) is 0 Å². The summed E-state index contributed by atoms with van der Waals surface area (Å²) in [5.41, 5.74) is 0.854. The maximum Gasteiger partial charge on any atom is 0.308 e. The van der Waals surface area contributed by atoms with E-state index in [-0.39, 0.29) is 48.4 Å². The Labute approximate surface area is 219 Å². The summed E-state index contributed by atoms with van der Waals surface area (Å²) in [6.45, 7) is 2.16. The lowest BCUT2D eigenvalue weighted by molar-refractivity contribution is -0.383. The summed E-state index contributed by atoms with van der Waals surface area (Å²) >= 11 is 5.16. The minimum absolute atomic E-state index is 0.0550. The minimum Gasteiger partial charge on any atom is -0.466 e. The molecule has 0 bridgehead atoms. The number of esters is 1. The van der Waals surface area contributed by atoms with Crippen molar-refractivity contribution in [2.75, 3.05) is 25.0 Å². The van der Waals surface area contributed by atoms with Crippen LogP contribution in [0.1, 0.15) is 44.2 Å². The van der Waals surface area contributed by atoms with Gasteiger partial charge in [0.05, 0.1) is 30.5 Å². The monoisotopic (exact) mass is 530 g/mol. The molecule has 37 heavy (non-hydrogen) atoms. The average Bonchev–Trinajstić information content (AvgIpc) is 2.87. The Hall–Kier alpha value is -4.13. The van der Waals surface area contributed by atoms with E-state index >= 15 is 0 Å². The molecule has 12 nitrogen and oxygen atoms in total. The molecule has 2 aromatic rings. The van der Waals surface area contributed by atoms with Crippen LogP contribution in [-0.2, 0) is 19.1 Å². The number of ether oxygens (including phenoxy) is 1. The van der Waals surface area contributed by atoms with Gasteiger partial charge in [0.25, 0.3) is 5.69 Å². The van der Waals surface area contributed by atoms with Gasteiger partial charge in [-0.1, -0.05) is 18.2 Å². The fraction of sp³-hybridized carbons (Fsp3) is 0.375. The lowest BCUT2D eigenvalue weighted by atomic mass is 10.1. The number of rotatable bonds is 14. The Balaban J connectivity index is 1.67. The zero-order valence-electron chi connectivity index (χ0n) is 20.4. The van der Waals surface area contributed by atoms with Gasteiger partial charge in [0.1, 0.15) is 5.69 Å². The van der Waals surface area contributed by atoms with Gasteiger partial charge in [-0.2, -0.15) is 0 Å². The summed E-state index contributed by atoms with van der Waals surface area (Å²) in [5.74, 6) is -1.19. The van der Waals surface area contributed by atoms with Crippen LogP contribution in [0.2, 0.25) is 0 Å². The van der Waals surface area contributed by atoms with Crippen LogP contribution in [0, 0.1) is 10.1 Å². The second-order valence-electron chi connectivity index (χ2n) is 7.80. The molecule has 0 saturated heterocycles. The molecule has 0 aliphatic carbocycles. The first kappa shape index (κ1) is 29.1. The molecule has 1 unspecified atom stereocenters. The van der Waals surface area contributed by atoms with Gasteiger partial charge in [-0.3, -0.25) is 29.5 Å². The van der Waals surface area contributed by atoms with Crippen molar-refractivity contribution in [1.29, 1.82) is 0 Å². The van der Waals surface area contributed by atoms with Crippen molar-refractivity contribution in [3.8, 4) is 0 Å². The van der Waals surface area contributed by atoms with Crippen molar-refractivity contribution in [1.82, 2.24) is 20.9 Å². The summed E-state index contributed by atoms with van der Waals surface area (Å²) in [7, 11) is 0. The molecule has 0 aliphatic heterocycles. The van der Waals surface area contributed by atoms with E-state index in [0.29, 0.717) is 24.9 Å². The Morgan fingerprint density at radius 3 is 2.59 bits per heavy atom. The van der Waals surface area contributed by atoms with Crippen LogP contribution < -0.4 is 21.3 Å². The minimum atomic E-state index is -0.627. The van der Waals surface area contributed by atoms with Gasteiger partial charge in [-0.05, 0) is 49.7 Å². The number of nitrogens with one attached hydrogen (secondary N) is 4. The largest absolute Gasteiger partial charge is 0.466 e. The van der Waals surface area contributed by atoms with Gasteiger partial charge in [-0.15, -0.1) is 0 Å². The van der Waals surface area contributed by atoms with Crippen LogP contribution in [0.25, 0.3) is 0 Å². The number of anilines is 1. The highest BCUT2D eigenvalue weighted by molar-refractivity contribution is 7.80. The van der Waals surface area contributed by atoms with E-state index in [9.17, 15) is 24.5 Å². The number of pyridine rings is 1. The van der Waals surface area contributed by atoms with E-state index in [1.807, 2.05) is 0 Å². The first-order valence-electron chi connectivity index (χ1n) is 11.7. The van der Waals surface area contributed by atoms with Gasteiger partial charge in [0.2, 0.25) is 11.8 Å². The van der Waals surface area contributed by atoms with Gasteiger partial charge >= 0.3 is 5.97 Å². The number of hydrogen-bond donors (Lipinski definition) is 4. The third-order valence-corrected chi connectivity index (χ3v) is 5.26. The lowest BCUT2D eigenvalue weighted by Crippen LogP contribution is -2.39. The van der Waals surface area contributed by atoms with Crippen LogP contribution >= 0.6 is 12.2 Å². The lowest BCUT2D eigenvalue weighted by Gasteiger charge is -2.18. The van der Waals surface area contributed by atoms with Crippen molar-refractivity contribution >= 4 is 46.5 Å². The van der Waals surface area contributed by atoms with E-state index in [2.05, 4.69) is 26.3 Å². The number of amides is 2. The van der Waals surface area contributed by atoms with Gasteiger partial charge in [0.15, 0.2) is 5.11 Å². The van der Waals surface area contributed by atoms with Crippen molar-refractivity contribution in [3.05, 3.63) is 64.5 Å². The first-order chi connectivity index (χ1) is 17.8. The van der Waals surface area contributed by atoms with Crippen molar-refractivity contribution in [2.45, 2.75) is 38.6 Å². The average molecular weight is 531 g/mol. The van der Waals surface area contributed by atoms with E-state index < -0.39 is 22.8 Å². The molecule has 1 aromatic heterocycles. The highest BCUT2D eigenvalue weighted by Crippen LogP contribution is 2.22. The van der Waals surface area contributed by atoms with Crippen LogP contribution in [0.15, 0.2) is 48.8 Å². The van der Waals surface area contributed by atoms with Gasteiger partial charge in [-0.25, -0.2) is 0 Å². The maximum atomic E-state index is 12.4. The Kier molecular flexibility index (Phi) is 12.4. The summed E-state index contributed by atoms with van der Waals surface area (Å²) in [6.07, 6.45) is 4.44. The second kappa shape index (κ2) is 15.8. The molecule has 13 heteroatoms.